The first-order valence-electron chi connectivity index (χ1n) is 12.9. The van der Waals surface area contributed by atoms with Gasteiger partial charge in [0.25, 0.3) is 0 Å². The Kier molecular flexibility index (Phi) is 11.7. The van der Waals surface area contributed by atoms with Gasteiger partial charge in [-0.1, -0.05) is 30.3 Å². The van der Waals surface area contributed by atoms with E-state index < -0.39 is 47.0 Å². The molecule has 3 rings (SSSR count). The van der Waals surface area contributed by atoms with Gasteiger partial charge in [-0.05, 0) is 57.1 Å². The molecule has 0 spiro atoms. The van der Waals surface area contributed by atoms with Crippen LogP contribution < -0.4 is 16.4 Å². The number of nitrogens with one attached hydrogen (secondary N) is 2. The van der Waals surface area contributed by atoms with Crippen LogP contribution in [0.1, 0.15) is 50.5 Å². The fraction of sp³-hybridized carbons (Fsp3) is 0.692. The number of ether oxygens (including phenoxy) is 1. The number of aliphatic hydroxyl groups is 1. The lowest BCUT2D eigenvalue weighted by Gasteiger charge is -2.39. The standard InChI is InChI=1S/C26H38Cl2FN3O4/c27-20-15-19(23(33)22(28)24(20)36-13-5-4-12-30)25(34)32-21(14-16-6-2-1-3-7-16)26(35)31-18-10-8-17(29)9-11-18/h1-3,6-7,17-24,33H,4-5,8-15,30H2,(H,31,35)(H,32,34)/t17?,18?,19?,20?,21-,22?,23?,24?/m0/s1. The minimum absolute atomic E-state index is 0.128. The van der Waals surface area contributed by atoms with E-state index in [-0.39, 0.29) is 24.8 Å². The Morgan fingerprint density at radius 1 is 1.14 bits per heavy atom. The molecular formula is C26H38Cl2FN3O4. The highest BCUT2D eigenvalue weighted by atomic mass is 35.5. The van der Waals surface area contributed by atoms with E-state index >= 15 is 0 Å². The fourth-order valence-corrected chi connectivity index (χ4v) is 5.81. The van der Waals surface area contributed by atoms with Crippen molar-refractivity contribution in [1.82, 2.24) is 10.6 Å². The number of benzene rings is 1. The van der Waals surface area contributed by atoms with Crippen molar-refractivity contribution in [2.45, 2.75) is 92.6 Å². The molecule has 2 fully saturated rings. The monoisotopic (exact) mass is 545 g/mol. The molecule has 36 heavy (non-hydrogen) atoms. The van der Waals surface area contributed by atoms with Crippen LogP contribution in [-0.4, -0.2) is 71.3 Å². The number of hydrogen-bond donors (Lipinski definition) is 4. The first kappa shape index (κ1) is 29.1. The highest BCUT2D eigenvalue weighted by molar-refractivity contribution is 6.25. The lowest BCUT2D eigenvalue weighted by atomic mass is 9.83. The molecule has 1 aromatic rings. The van der Waals surface area contributed by atoms with Gasteiger partial charge in [-0.25, -0.2) is 4.39 Å². The third-order valence-corrected chi connectivity index (χ3v) is 7.99. The van der Waals surface area contributed by atoms with Gasteiger partial charge >= 0.3 is 0 Å². The number of hydrogen-bond acceptors (Lipinski definition) is 5. The van der Waals surface area contributed by atoms with E-state index in [1.807, 2.05) is 30.3 Å². The smallest absolute Gasteiger partial charge is 0.243 e. The van der Waals surface area contributed by atoms with Crippen LogP contribution in [-0.2, 0) is 20.7 Å². The minimum Gasteiger partial charge on any atom is -0.391 e. The van der Waals surface area contributed by atoms with Crippen molar-refractivity contribution in [3.63, 3.8) is 0 Å². The topological polar surface area (TPSA) is 114 Å². The second-order valence-corrected chi connectivity index (χ2v) is 10.9. The Bertz CT molecular complexity index is 829. The van der Waals surface area contributed by atoms with Crippen LogP contribution in [0.4, 0.5) is 4.39 Å². The largest absolute Gasteiger partial charge is 0.391 e. The van der Waals surface area contributed by atoms with Gasteiger partial charge in [0.05, 0.1) is 28.9 Å². The second-order valence-electron chi connectivity index (χ2n) is 9.83. The summed E-state index contributed by atoms with van der Waals surface area (Å²) in [7, 11) is 0. The number of carbonyl (C=O) groups is 2. The summed E-state index contributed by atoms with van der Waals surface area (Å²) in [5.74, 6) is -1.69. The van der Waals surface area contributed by atoms with Crippen molar-refractivity contribution >= 4 is 35.0 Å². The fourth-order valence-electron chi connectivity index (χ4n) is 4.89. The number of nitrogens with two attached hydrogens (primary N) is 1. The van der Waals surface area contributed by atoms with Crippen molar-refractivity contribution in [2.24, 2.45) is 11.7 Å². The molecule has 0 heterocycles. The number of aliphatic hydroxyl groups excluding tert-OH is 1. The minimum atomic E-state index is -1.18. The van der Waals surface area contributed by atoms with Crippen molar-refractivity contribution in [1.29, 1.82) is 0 Å². The second kappa shape index (κ2) is 14.5. The molecule has 2 aliphatic carbocycles. The number of unbranched alkanes of at least 4 members (excludes halogenated alkanes) is 1. The van der Waals surface area contributed by atoms with Crippen LogP contribution >= 0.6 is 23.2 Å². The summed E-state index contributed by atoms with van der Waals surface area (Å²) in [5.41, 5.74) is 6.39. The zero-order valence-corrected chi connectivity index (χ0v) is 22.0. The van der Waals surface area contributed by atoms with Crippen molar-refractivity contribution in [3.8, 4) is 0 Å². The number of alkyl halides is 3. The maximum atomic E-state index is 13.5. The molecule has 0 aliphatic heterocycles. The molecule has 2 amide bonds. The molecule has 2 saturated carbocycles. The van der Waals surface area contributed by atoms with E-state index in [1.54, 1.807) is 0 Å². The summed E-state index contributed by atoms with van der Waals surface area (Å²) in [6.45, 7) is 0.976. The molecule has 0 radical (unpaired) electrons. The van der Waals surface area contributed by atoms with Gasteiger partial charge in [0.15, 0.2) is 0 Å². The predicted octanol–water partition coefficient (Wildman–Crippen LogP) is 2.83. The molecule has 7 nitrogen and oxygen atoms in total. The van der Waals surface area contributed by atoms with Crippen LogP contribution in [0.15, 0.2) is 30.3 Å². The maximum absolute atomic E-state index is 13.5. The Hall–Kier alpha value is -1.45. The van der Waals surface area contributed by atoms with Crippen LogP contribution in [0.25, 0.3) is 0 Å². The van der Waals surface area contributed by atoms with E-state index in [0.717, 1.165) is 18.4 Å². The average Bonchev–Trinajstić information content (AvgIpc) is 2.87. The molecule has 0 bridgehead atoms. The number of halogens is 3. The van der Waals surface area contributed by atoms with Crippen LogP contribution in [0.5, 0.6) is 0 Å². The average molecular weight is 547 g/mol. The Balaban J connectivity index is 1.64. The van der Waals surface area contributed by atoms with Crippen molar-refractivity contribution in [3.05, 3.63) is 35.9 Å². The summed E-state index contributed by atoms with van der Waals surface area (Å²) in [6.07, 6.45) is 1.36. The van der Waals surface area contributed by atoms with Gasteiger partial charge < -0.3 is 26.2 Å². The SMILES string of the molecule is NCCCCOC1C(Cl)CC(C(=O)N[C@@H](Cc2ccccc2)C(=O)NC2CCC(F)CC2)C(O)C1Cl. The summed E-state index contributed by atoms with van der Waals surface area (Å²) >= 11 is 13.0. The van der Waals surface area contributed by atoms with E-state index in [4.69, 9.17) is 33.7 Å². The molecule has 0 aromatic heterocycles. The molecule has 1 aromatic carbocycles. The van der Waals surface area contributed by atoms with Gasteiger partial charge in [-0.2, -0.15) is 0 Å². The van der Waals surface area contributed by atoms with Gasteiger partial charge in [0.2, 0.25) is 11.8 Å². The first-order valence-corrected chi connectivity index (χ1v) is 13.7. The molecule has 2 aliphatic rings. The van der Waals surface area contributed by atoms with Crippen LogP contribution in [0.2, 0.25) is 0 Å². The number of carbonyl (C=O) groups excluding carboxylic acids is 2. The van der Waals surface area contributed by atoms with E-state index in [1.165, 1.54) is 0 Å². The molecule has 5 N–H and O–H groups in total. The molecule has 0 saturated heterocycles. The molecule has 5 unspecified atom stereocenters. The number of amides is 2. The molecular weight excluding hydrogens is 508 g/mol. The van der Waals surface area contributed by atoms with Crippen molar-refractivity contribution in [2.75, 3.05) is 13.2 Å². The van der Waals surface area contributed by atoms with Gasteiger partial charge in [-0.3, -0.25) is 9.59 Å². The highest BCUT2D eigenvalue weighted by Gasteiger charge is 2.46. The zero-order chi connectivity index (χ0) is 26.1. The van der Waals surface area contributed by atoms with Gasteiger partial charge in [0, 0.05) is 19.1 Å². The summed E-state index contributed by atoms with van der Waals surface area (Å²) < 4.78 is 19.3. The van der Waals surface area contributed by atoms with E-state index in [9.17, 15) is 19.1 Å². The lowest BCUT2D eigenvalue weighted by Crippen LogP contribution is -2.58. The molecule has 6 atom stereocenters. The quantitative estimate of drug-likeness (QED) is 0.252. The normalized spacial score (nSPS) is 31.4. The highest BCUT2D eigenvalue weighted by Crippen LogP contribution is 2.34. The Labute approximate surface area is 222 Å². The van der Waals surface area contributed by atoms with Crippen LogP contribution in [0, 0.1) is 5.92 Å². The summed E-state index contributed by atoms with van der Waals surface area (Å²) in [4.78, 5) is 26.5. The van der Waals surface area contributed by atoms with Gasteiger partial charge in [-0.15, -0.1) is 23.2 Å². The van der Waals surface area contributed by atoms with E-state index in [2.05, 4.69) is 10.6 Å². The zero-order valence-electron chi connectivity index (χ0n) is 20.5. The third kappa shape index (κ3) is 8.28. The predicted molar refractivity (Wildman–Crippen MR) is 139 cm³/mol. The molecule has 202 valence electrons. The Morgan fingerprint density at radius 2 is 1.83 bits per heavy atom. The summed E-state index contributed by atoms with van der Waals surface area (Å²) in [5, 5.41) is 15.2. The van der Waals surface area contributed by atoms with Gasteiger partial charge in [0.1, 0.15) is 12.2 Å². The van der Waals surface area contributed by atoms with Crippen molar-refractivity contribution < 1.29 is 23.8 Å². The Morgan fingerprint density at radius 3 is 2.50 bits per heavy atom. The molecule has 10 heteroatoms. The first-order chi connectivity index (χ1) is 17.3. The third-order valence-electron chi connectivity index (χ3n) is 7.05. The summed E-state index contributed by atoms with van der Waals surface area (Å²) in [6, 6.07) is 8.38. The lowest BCUT2D eigenvalue weighted by molar-refractivity contribution is -0.136. The maximum Gasteiger partial charge on any atom is 0.243 e. The number of rotatable bonds is 11. The van der Waals surface area contributed by atoms with E-state index in [0.29, 0.717) is 38.8 Å². The van der Waals surface area contributed by atoms with Crippen LogP contribution in [0.3, 0.4) is 0 Å².